The van der Waals surface area contributed by atoms with Crippen molar-refractivity contribution in [2.45, 2.75) is 12.1 Å². The van der Waals surface area contributed by atoms with E-state index in [-0.39, 0.29) is 29.6 Å². The van der Waals surface area contributed by atoms with E-state index in [1.54, 1.807) is 11.0 Å². The van der Waals surface area contributed by atoms with Crippen LogP contribution in [0.2, 0.25) is 5.15 Å². The average molecular weight is 443 g/mol. The van der Waals surface area contributed by atoms with E-state index in [2.05, 4.69) is 31.7 Å². The second kappa shape index (κ2) is 9.09. The van der Waals surface area contributed by atoms with Crippen molar-refractivity contribution in [3.05, 3.63) is 53.6 Å². The molecule has 0 saturated carbocycles. The fourth-order valence-electron chi connectivity index (χ4n) is 4.07. The molecule has 4 heterocycles. The van der Waals surface area contributed by atoms with Gasteiger partial charge in [0.05, 0.1) is 36.7 Å². The zero-order valence-corrected chi connectivity index (χ0v) is 17.9. The van der Waals surface area contributed by atoms with Crippen LogP contribution in [0.4, 0.5) is 0 Å². The third-order valence-electron chi connectivity index (χ3n) is 5.57. The van der Waals surface area contributed by atoms with Crippen molar-refractivity contribution < 1.29 is 14.3 Å². The molecule has 2 aliphatic rings. The van der Waals surface area contributed by atoms with Gasteiger partial charge in [-0.25, -0.2) is 15.0 Å². The van der Waals surface area contributed by atoms with E-state index in [1.807, 2.05) is 12.1 Å². The number of amides is 2. The molecule has 0 bridgehead atoms. The van der Waals surface area contributed by atoms with Gasteiger partial charge in [0, 0.05) is 26.7 Å². The fraction of sp³-hybridized carbons (Fsp3) is 0.381. The number of nitrogens with zero attached hydrogens (tertiary/aromatic N) is 5. The van der Waals surface area contributed by atoms with Crippen LogP contribution in [0.15, 0.2) is 37.2 Å². The third-order valence-corrected chi connectivity index (χ3v) is 5.77. The van der Waals surface area contributed by atoms with Gasteiger partial charge < -0.3 is 15.0 Å². The van der Waals surface area contributed by atoms with Crippen LogP contribution < -0.4 is 5.32 Å². The van der Waals surface area contributed by atoms with Crippen molar-refractivity contribution in [1.82, 2.24) is 30.1 Å². The Morgan fingerprint density at radius 3 is 2.87 bits per heavy atom. The van der Waals surface area contributed by atoms with Crippen molar-refractivity contribution >= 4 is 23.4 Å². The molecule has 4 rings (SSSR count). The highest BCUT2D eigenvalue weighted by molar-refractivity contribution is 6.29. The molecule has 162 valence electrons. The molecule has 10 heteroatoms. The Labute approximate surface area is 185 Å². The predicted molar refractivity (Wildman–Crippen MR) is 114 cm³/mol. The van der Waals surface area contributed by atoms with Crippen molar-refractivity contribution in [2.24, 2.45) is 0 Å². The monoisotopic (exact) mass is 442 g/mol. The van der Waals surface area contributed by atoms with Crippen LogP contribution in [0.25, 0.3) is 11.4 Å². The Morgan fingerprint density at radius 2 is 2.10 bits per heavy atom. The number of hydrogen-bond donors (Lipinski definition) is 1. The largest absolute Gasteiger partial charge is 0.378 e. The highest BCUT2D eigenvalue weighted by atomic mass is 35.5. The van der Waals surface area contributed by atoms with Crippen LogP contribution >= 0.6 is 11.6 Å². The van der Waals surface area contributed by atoms with Gasteiger partial charge in [-0.3, -0.25) is 14.5 Å². The molecule has 2 amide bonds. The number of carbonyl (C=O) groups excluding carboxylic acids is 2. The molecule has 2 aromatic heterocycles. The summed E-state index contributed by atoms with van der Waals surface area (Å²) in [5.41, 5.74) is 2.19. The molecule has 2 aliphatic heterocycles. The maximum atomic E-state index is 12.4. The highest BCUT2D eigenvalue weighted by Crippen LogP contribution is 2.33. The number of rotatable bonds is 4. The number of nitrogens with one attached hydrogen (secondary N) is 1. The van der Waals surface area contributed by atoms with Crippen molar-refractivity contribution in [3.63, 3.8) is 0 Å². The number of ether oxygens (including phenoxy) is 1. The van der Waals surface area contributed by atoms with Gasteiger partial charge in [-0.15, -0.1) is 0 Å². The maximum absolute atomic E-state index is 12.4. The van der Waals surface area contributed by atoms with Crippen LogP contribution in [0, 0.1) is 0 Å². The molecule has 0 aromatic carbocycles. The summed E-state index contributed by atoms with van der Waals surface area (Å²) in [6.07, 6.45) is 2.66. The Balaban J connectivity index is 1.72. The summed E-state index contributed by atoms with van der Waals surface area (Å²) in [6, 6.07) is 5.30. The summed E-state index contributed by atoms with van der Waals surface area (Å²) in [7, 11) is 1.54. The quantitative estimate of drug-likeness (QED) is 0.563. The Hall–Kier alpha value is -2.88. The second-order valence-corrected chi connectivity index (χ2v) is 7.79. The highest BCUT2D eigenvalue weighted by Gasteiger charge is 2.38. The number of morpholine rings is 1. The molecular weight excluding hydrogens is 420 g/mol. The van der Waals surface area contributed by atoms with E-state index >= 15 is 0 Å². The van der Waals surface area contributed by atoms with Gasteiger partial charge in [0.25, 0.3) is 5.91 Å². The fourth-order valence-corrected chi connectivity index (χ4v) is 4.29. The molecule has 31 heavy (non-hydrogen) atoms. The van der Waals surface area contributed by atoms with Crippen molar-refractivity contribution in [3.8, 4) is 11.4 Å². The van der Waals surface area contributed by atoms with Crippen LogP contribution in [0.1, 0.15) is 22.1 Å². The Morgan fingerprint density at radius 1 is 1.26 bits per heavy atom. The minimum Gasteiger partial charge on any atom is -0.378 e. The number of hydrogen-bond acceptors (Lipinski definition) is 7. The van der Waals surface area contributed by atoms with Crippen LogP contribution in [0.3, 0.4) is 0 Å². The molecule has 2 fully saturated rings. The number of aromatic nitrogens is 3. The van der Waals surface area contributed by atoms with E-state index in [9.17, 15) is 9.59 Å². The summed E-state index contributed by atoms with van der Waals surface area (Å²) in [5.74, 6) is -0.422. The van der Waals surface area contributed by atoms with Gasteiger partial charge in [0.15, 0.2) is 0 Å². The summed E-state index contributed by atoms with van der Waals surface area (Å²) in [4.78, 5) is 41.1. The zero-order chi connectivity index (χ0) is 22.0. The first kappa shape index (κ1) is 21.4. The van der Waals surface area contributed by atoms with Crippen LogP contribution in [-0.2, 0) is 9.53 Å². The van der Waals surface area contributed by atoms with Gasteiger partial charge in [-0.2, -0.15) is 0 Å². The Bertz CT molecular complexity index is 1020. The first-order valence-electron chi connectivity index (χ1n) is 9.97. The van der Waals surface area contributed by atoms with Gasteiger partial charge >= 0.3 is 0 Å². The summed E-state index contributed by atoms with van der Waals surface area (Å²) in [5, 5.41) is 2.86. The summed E-state index contributed by atoms with van der Waals surface area (Å²) >= 11 is 6.38. The molecule has 2 atom stereocenters. The summed E-state index contributed by atoms with van der Waals surface area (Å²) in [6.45, 7) is 6.67. The van der Waals surface area contributed by atoms with E-state index in [1.165, 1.54) is 19.5 Å². The topological polar surface area (TPSA) is 101 Å². The van der Waals surface area contributed by atoms with Crippen LogP contribution in [0.5, 0.6) is 0 Å². The number of fused-ring (bicyclic) bond motifs is 1. The number of pyridine rings is 1. The molecule has 9 nitrogen and oxygen atoms in total. The molecule has 2 unspecified atom stereocenters. The maximum Gasteiger partial charge on any atom is 0.269 e. The molecule has 0 spiro atoms. The van der Waals surface area contributed by atoms with E-state index in [0.717, 1.165) is 12.1 Å². The minimum absolute atomic E-state index is 0.0777. The molecular formula is C21H23ClN6O3. The molecule has 1 N–H and O–H groups in total. The lowest BCUT2D eigenvalue weighted by Crippen LogP contribution is -2.60. The van der Waals surface area contributed by atoms with E-state index in [4.69, 9.17) is 16.3 Å². The molecule has 0 aliphatic carbocycles. The van der Waals surface area contributed by atoms with Gasteiger partial charge in [0.1, 0.15) is 17.2 Å². The molecule has 0 radical (unpaired) electrons. The normalized spacial score (nSPS) is 21.3. The SMILES string of the molecule is C=CC(=O)N1CC2COCCN2C(c2cc(Cl)nc(-c3cc(C(=O)NC)ncn3)c2)C1. The van der Waals surface area contributed by atoms with Crippen molar-refractivity contribution in [1.29, 1.82) is 0 Å². The first-order valence-corrected chi connectivity index (χ1v) is 10.3. The molecule has 2 saturated heterocycles. The number of piperazine rings is 1. The Kier molecular flexibility index (Phi) is 6.26. The smallest absolute Gasteiger partial charge is 0.269 e. The average Bonchev–Trinajstić information content (AvgIpc) is 2.81. The second-order valence-electron chi connectivity index (χ2n) is 7.41. The third kappa shape index (κ3) is 4.43. The van der Waals surface area contributed by atoms with E-state index in [0.29, 0.717) is 42.8 Å². The van der Waals surface area contributed by atoms with Gasteiger partial charge in [-0.05, 0) is 29.8 Å². The lowest BCUT2D eigenvalue weighted by molar-refractivity contribution is -0.135. The number of carbonyl (C=O) groups is 2. The zero-order valence-electron chi connectivity index (χ0n) is 17.1. The molecule has 2 aromatic rings. The summed E-state index contributed by atoms with van der Waals surface area (Å²) < 4.78 is 5.65. The van der Waals surface area contributed by atoms with Gasteiger partial charge in [0.2, 0.25) is 5.91 Å². The van der Waals surface area contributed by atoms with Crippen LogP contribution in [-0.4, -0.2) is 82.5 Å². The standard InChI is InChI=1S/C21H23ClN6O3/c1-3-20(29)27-9-14-11-31-5-4-28(14)18(10-27)13-6-16(26-19(22)7-13)15-8-17(21(30)23-2)25-12-24-15/h3,6-8,12,14,18H,1,4-5,9-11H2,2H3,(H,23,30). The lowest BCUT2D eigenvalue weighted by atomic mass is 9.97. The minimum atomic E-state index is -0.312. The lowest BCUT2D eigenvalue weighted by Gasteiger charge is -2.48. The van der Waals surface area contributed by atoms with E-state index < -0.39 is 0 Å². The van der Waals surface area contributed by atoms with Gasteiger partial charge in [-0.1, -0.05) is 18.2 Å². The predicted octanol–water partition coefficient (Wildman–Crippen LogP) is 1.32. The number of halogens is 1. The first-order chi connectivity index (χ1) is 15.0. The van der Waals surface area contributed by atoms with Crippen molar-refractivity contribution in [2.75, 3.05) is 39.9 Å².